The molecule has 0 saturated heterocycles. The topological polar surface area (TPSA) is 70.7 Å². The zero-order valence-electron chi connectivity index (χ0n) is 14.9. The molecular weight excluding hydrogens is 336 g/mol. The van der Waals surface area contributed by atoms with Crippen LogP contribution in [0.25, 0.3) is 10.8 Å². The lowest BCUT2D eigenvalue weighted by Gasteiger charge is -2.04. The van der Waals surface area contributed by atoms with E-state index in [1.807, 2.05) is 42.5 Å². The molecule has 0 aliphatic heterocycles. The molecule has 0 atom stereocenters. The van der Waals surface area contributed by atoms with Crippen molar-refractivity contribution in [2.75, 3.05) is 5.32 Å². The van der Waals surface area contributed by atoms with Crippen LogP contribution in [0, 0.1) is 0 Å². The molecular formula is C22H20N4O. The fraction of sp³-hybridized carbons (Fsp3) is 0.136. The van der Waals surface area contributed by atoms with Crippen molar-refractivity contribution in [3.63, 3.8) is 0 Å². The number of aromatic nitrogens is 3. The van der Waals surface area contributed by atoms with Gasteiger partial charge in [-0.2, -0.15) is 5.10 Å². The Morgan fingerprint density at radius 1 is 0.889 bits per heavy atom. The highest BCUT2D eigenvalue weighted by Gasteiger charge is 2.08. The van der Waals surface area contributed by atoms with Gasteiger partial charge in [0.25, 0.3) is 0 Å². The van der Waals surface area contributed by atoms with Crippen molar-refractivity contribution < 1.29 is 4.79 Å². The molecule has 4 aromatic rings. The van der Waals surface area contributed by atoms with Gasteiger partial charge in [-0.05, 0) is 46.9 Å². The summed E-state index contributed by atoms with van der Waals surface area (Å²) in [5, 5.41) is 12.4. The number of amides is 1. The monoisotopic (exact) mass is 356 g/mol. The van der Waals surface area contributed by atoms with E-state index in [0.29, 0.717) is 12.2 Å². The van der Waals surface area contributed by atoms with Crippen molar-refractivity contribution in [2.24, 2.45) is 0 Å². The van der Waals surface area contributed by atoms with Gasteiger partial charge in [0.1, 0.15) is 0 Å². The molecule has 2 N–H and O–H groups in total. The number of aryl methyl sites for hydroxylation is 2. The van der Waals surface area contributed by atoms with Crippen molar-refractivity contribution in [3.05, 3.63) is 89.9 Å². The summed E-state index contributed by atoms with van der Waals surface area (Å²) in [7, 11) is 0. The molecule has 0 unspecified atom stereocenters. The highest BCUT2D eigenvalue weighted by atomic mass is 16.1. The van der Waals surface area contributed by atoms with Gasteiger partial charge < -0.3 is 5.32 Å². The van der Waals surface area contributed by atoms with Crippen molar-refractivity contribution in [1.29, 1.82) is 0 Å². The van der Waals surface area contributed by atoms with Gasteiger partial charge in [0.2, 0.25) is 5.91 Å². The normalized spacial score (nSPS) is 10.8. The Bertz CT molecular complexity index is 1060. The number of aromatic amines is 1. The van der Waals surface area contributed by atoms with Crippen molar-refractivity contribution in [2.45, 2.75) is 19.3 Å². The van der Waals surface area contributed by atoms with Gasteiger partial charge in [-0.3, -0.25) is 14.9 Å². The number of hydrogen-bond donors (Lipinski definition) is 2. The molecule has 0 fully saturated rings. The van der Waals surface area contributed by atoms with Gasteiger partial charge >= 0.3 is 0 Å². The van der Waals surface area contributed by atoms with E-state index < -0.39 is 0 Å². The molecule has 5 heteroatoms. The van der Waals surface area contributed by atoms with Gasteiger partial charge in [0.05, 0.1) is 6.42 Å². The lowest BCUT2D eigenvalue weighted by atomic mass is 10.0. The predicted octanol–water partition coefficient (Wildman–Crippen LogP) is 3.92. The number of fused-ring (bicyclic) bond motifs is 1. The molecule has 134 valence electrons. The van der Waals surface area contributed by atoms with Crippen LogP contribution >= 0.6 is 0 Å². The molecule has 0 aliphatic carbocycles. The van der Waals surface area contributed by atoms with E-state index in [9.17, 15) is 4.79 Å². The highest BCUT2D eigenvalue weighted by molar-refractivity contribution is 5.92. The van der Waals surface area contributed by atoms with Gasteiger partial charge in [-0.1, -0.05) is 42.5 Å². The largest absolute Gasteiger partial charge is 0.309 e. The van der Waals surface area contributed by atoms with E-state index in [2.05, 4.69) is 38.7 Å². The van der Waals surface area contributed by atoms with Crippen molar-refractivity contribution in [1.82, 2.24) is 15.2 Å². The summed E-state index contributed by atoms with van der Waals surface area (Å²) in [4.78, 5) is 16.4. The number of hydrogen-bond acceptors (Lipinski definition) is 3. The maximum absolute atomic E-state index is 12.3. The molecule has 0 bridgehead atoms. The zero-order chi connectivity index (χ0) is 18.5. The first-order valence-electron chi connectivity index (χ1n) is 8.97. The molecule has 5 nitrogen and oxygen atoms in total. The van der Waals surface area contributed by atoms with E-state index in [4.69, 9.17) is 0 Å². The smallest absolute Gasteiger partial charge is 0.229 e. The lowest BCUT2D eigenvalue weighted by molar-refractivity contribution is -0.115. The van der Waals surface area contributed by atoms with E-state index in [0.717, 1.165) is 29.5 Å². The summed E-state index contributed by atoms with van der Waals surface area (Å²) in [6, 6.07) is 20.1. The second-order valence-corrected chi connectivity index (χ2v) is 6.54. The molecule has 4 rings (SSSR count). The van der Waals surface area contributed by atoms with E-state index in [-0.39, 0.29) is 5.91 Å². The molecule has 2 heterocycles. The van der Waals surface area contributed by atoms with Crippen LogP contribution in [-0.4, -0.2) is 21.1 Å². The summed E-state index contributed by atoms with van der Waals surface area (Å²) in [5.41, 5.74) is 3.20. The first kappa shape index (κ1) is 17.0. The predicted molar refractivity (Wildman–Crippen MR) is 107 cm³/mol. The summed E-state index contributed by atoms with van der Waals surface area (Å²) >= 11 is 0. The Hall–Kier alpha value is -3.47. The highest BCUT2D eigenvalue weighted by Crippen LogP contribution is 2.16. The van der Waals surface area contributed by atoms with E-state index in [1.165, 1.54) is 10.9 Å². The molecule has 0 saturated carbocycles. The van der Waals surface area contributed by atoms with Crippen LogP contribution in [-0.2, 0) is 24.1 Å². The van der Waals surface area contributed by atoms with Crippen LogP contribution < -0.4 is 5.32 Å². The molecule has 2 aromatic heterocycles. The van der Waals surface area contributed by atoms with Crippen LogP contribution in [0.1, 0.15) is 16.8 Å². The van der Waals surface area contributed by atoms with Crippen molar-refractivity contribution >= 4 is 22.5 Å². The molecule has 0 radical (unpaired) electrons. The average Bonchev–Trinajstić information content (AvgIpc) is 3.14. The van der Waals surface area contributed by atoms with Gasteiger partial charge in [-0.15, -0.1) is 0 Å². The quantitative estimate of drug-likeness (QED) is 0.550. The molecule has 27 heavy (non-hydrogen) atoms. The van der Waals surface area contributed by atoms with Crippen molar-refractivity contribution in [3.8, 4) is 0 Å². The maximum Gasteiger partial charge on any atom is 0.229 e. The minimum Gasteiger partial charge on any atom is -0.309 e. The minimum absolute atomic E-state index is 0.0718. The van der Waals surface area contributed by atoms with Crippen LogP contribution in [0.15, 0.2) is 73.1 Å². The number of pyridine rings is 1. The number of anilines is 1. The third kappa shape index (κ3) is 4.39. The zero-order valence-corrected chi connectivity index (χ0v) is 14.9. The Morgan fingerprint density at radius 3 is 2.56 bits per heavy atom. The Morgan fingerprint density at radius 2 is 1.70 bits per heavy atom. The number of carbonyl (C=O) groups is 1. The third-order valence-electron chi connectivity index (χ3n) is 4.51. The van der Waals surface area contributed by atoms with Gasteiger partial charge in [0.15, 0.2) is 5.82 Å². The fourth-order valence-electron chi connectivity index (χ4n) is 3.10. The summed E-state index contributed by atoms with van der Waals surface area (Å²) in [6.07, 6.45) is 5.64. The molecule has 0 spiro atoms. The van der Waals surface area contributed by atoms with Crippen LogP contribution in [0.4, 0.5) is 5.82 Å². The Labute approximate surface area is 157 Å². The second-order valence-electron chi connectivity index (χ2n) is 6.54. The summed E-state index contributed by atoms with van der Waals surface area (Å²) in [5.74, 6) is 0.489. The third-order valence-corrected chi connectivity index (χ3v) is 4.51. The first-order chi connectivity index (χ1) is 13.3. The molecule has 2 aromatic carbocycles. The average molecular weight is 356 g/mol. The maximum atomic E-state index is 12.3. The lowest BCUT2D eigenvalue weighted by Crippen LogP contribution is -2.14. The van der Waals surface area contributed by atoms with Crippen LogP contribution in [0.3, 0.4) is 0 Å². The number of nitrogens with one attached hydrogen (secondary N) is 2. The summed E-state index contributed by atoms with van der Waals surface area (Å²) in [6.45, 7) is 0. The molecule has 0 aliphatic rings. The molecule has 1 amide bonds. The van der Waals surface area contributed by atoms with Gasteiger partial charge in [-0.25, -0.2) is 0 Å². The number of H-pyrrole nitrogens is 1. The number of benzene rings is 2. The summed E-state index contributed by atoms with van der Waals surface area (Å²) < 4.78 is 0. The Balaban J connectivity index is 1.34. The van der Waals surface area contributed by atoms with E-state index in [1.54, 1.807) is 12.4 Å². The van der Waals surface area contributed by atoms with Gasteiger partial charge in [0, 0.05) is 24.2 Å². The number of nitrogens with zero attached hydrogens (tertiary/aromatic N) is 2. The number of carbonyl (C=O) groups excluding carboxylic acids is 1. The fourth-order valence-corrected chi connectivity index (χ4v) is 3.10. The Kier molecular flexibility index (Phi) is 4.92. The first-order valence-corrected chi connectivity index (χ1v) is 8.97. The second kappa shape index (κ2) is 7.83. The van der Waals surface area contributed by atoms with Crippen LogP contribution in [0.2, 0.25) is 0 Å². The van der Waals surface area contributed by atoms with Crippen LogP contribution in [0.5, 0.6) is 0 Å². The SMILES string of the molecule is O=C(Cc1ccc2ccccc2c1)Nc1cc(CCc2ccncc2)[nH]n1. The standard InChI is InChI=1S/C22H20N4O/c27-22(14-17-5-7-18-3-1-2-4-19(18)13-17)24-21-15-20(25-26-21)8-6-16-9-11-23-12-10-16/h1-5,7,9-13,15H,6,8,14H2,(H2,24,25,26,27). The number of rotatable bonds is 6. The minimum atomic E-state index is -0.0718. The van der Waals surface area contributed by atoms with E-state index >= 15 is 0 Å².